The summed E-state index contributed by atoms with van der Waals surface area (Å²) in [5, 5.41) is 0. The van der Waals surface area contributed by atoms with Crippen LogP contribution in [0.5, 0.6) is 5.75 Å². The van der Waals surface area contributed by atoms with Crippen molar-refractivity contribution in [2.24, 2.45) is 0 Å². The minimum atomic E-state index is 0.260. The number of hydrogen-bond donors (Lipinski definition) is 0. The summed E-state index contributed by atoms with van der Waals surface area (Å²) < 4.78 is 6.06. The molecule has 0 aliphatic carbocycles. The Morgan fingerprint density at radius 2 is 1.60 bits per heavy atom. The van der Waals surface area contributed by atoms with E-state index >= 15 is 0 Å². The van der Waals surface area contributed by atoms with E-state index in [9.17, 15) is 4.79 Å². The highest BCUT2D eigenvalue weighted by Gasteiger charge is 2.14. The second-order valence-corrected chi connectivity index (χ2v) is 6.08. The van der Waals surface area contributed by atoms with E-state index in [1.165, 1.54) is 11.1 Å². The van der Waals surface area contributed by atoms with Crippen molar-refractivity contribution in [3.63, 3.8) is 0 Å². The molecule has 0 heterocycles. The van der Waals surface area contributed by atoms with Crippen molar-refractivity contribution >= 4 is 5.78 Å². The van der Waals surface area contributed by atoms with Gasteiger partial charge in [0.25, 0.3) is 0 Å². The van der Waals surface area contributed by atoms with Gasteiger partial charge in [0.2, 0.25) is 0 Å². The Morgan fingerprint density at radius 3 is 2.05 bits per heavy atom. The number of ether oxygens (including phenoxy) is 1. The number of Topliss-reactive ketones (excluding diaryl/α,β-unsaturated/α-hetero) is 1. The van der Waals surface area contributed by atoms with Crippen LogP contribution in [0.25, 0.3) is 0 Å². The molecule has 0 aliphatic rings. The first kappa shape index (κ1) is 16.7. The van der Waals surface area contributed by atoms with Crippen LogP contribution in [0.3, 0.4) is 0 Å². The molecule has 0 aromatic heterocycles. The summed E-state index contributed by atoms with van der Waals surface area (Å²) in [6.45, 7) is 11.1. The second kappa shape index (κ2) is 8.08. The Bertz CT molecular complexity index is 407. The van der Waals surface area contributed by atoms with Crippen molar-refractivity contribution in [2.45, 2.75) is 65.7 Å². The topological polar surface area (TPSA) is 26.3 Å². The van der Waals surface area contributed by atoms with Gasteiger partial charge in [-0.25, -0.2) is 0 Å². The molecule has 0 saturated heterocycles. The van der Waals surface area contributed by atoms with Gasteiger partial charge in [-0.3, -0.25) is 0 Å². The molecule has 0 saturated carbocycles. The normalized spacial score (nSPS) is 11.2. The lowest BCUT2D eigenvalue weighted by Gasteiger charge is -2.20. The van der Waals surface area contributed by atoms with E-state index in [4.69, 9.17) is 4.74 Å². The van der Waals surface area contributed by atoms with Gasteiger partial charge in [-0.1, -0.05) is 45.9 Å². The van der Waals surface area contributed by atoms with Gasteiger partial charge in [0, 0.05) is 6.42 Å². The molecule has 0 amide bonds. The highest BCUT2D eigenvalue weighted by atomic mass is 16.5. The summed E-state index contributed by atoms with van der Waals surface area (Å²) in [4.78, 5) is 10.9. The first-order chi connectivity index (χ1) is 9.43. The van der Waals surface area contributed by atoms with Gasteiger partial charge in [0.05, 0.1) is 6.61 Å². The summed E-state index contributed by atoms with van der Waals surface area (Å²) in [5.41, 5.74) is 2.56. The van der Waals surface area contributed by atoms with E-state index in [2.05, 4.69) is 45.9 Å². The lowest BCUT2D eigenvalue weighted by atomic mass is 9.94. The van der Waals surface area contributed by atoms with Crippen LogP contribution < -0.4 is 4.74 Å². The Morgan fingerprint density at radius 1 is 1.05 bits per heavy atom. The molecule has 0 bridgehead atoms. The maximum Gasteiger partial charge on any atom is 0.129 e. The summed E-state index contributed by atoms with van der Waals surface area (Å²) in [6, 6.07) is 6.43. The predicted octanol–water partition coefficient (Wildman–Crippen LogP) is 5.07. The first-order valence-electron chi connectivity index (χ1n) is 7.68. The second-order valence-electron chi connectivity index (χ2n) is 6.08. The van der Waals surface area contributed by atoms with Crippen molar-refractivity contribution in [3.05, 3.63) is 29.3 Å². The van der Waals surface area contributed by atoms with Crippen LogP contribution in [0.15, 0.2) is 18.2 Å². The molecule has 0 spiro atoms. The maximum atomic E-state index is 10.9. The number of carbonyl (C=O) groups is 1. The Kier molecular flexibility index (Phi) is 6.77. The molecule has 112 valence electrons. The predicted molar refractivity (Wildman–Crippen MR) is 84.6 cm³/mol. The van der Waals surface area contributed by atoms with E-state index in [-0.39, 0.29) is 5.78 Å². The van der Waals surface area contributed by atoms with Crippen molar-refractivity contribution in [3.8, 4) is 5.75 Å². The molecule has 20 heavy (non-hydrogen) atoms. The average Bonchev–Trinajstić information content (AvgIpc) is 2.37. The van der Waals surface area contributed by atoms with Crippen LogP contribution in [-0.2, 0) is 4.79 Å². The smallest absolute Gasteiger partial charge is 0.129 e. The average molecular weight is 276 g/mol. The molecule has 1 rings (SSSR count). The zero-order valence-corrected chi connectivity index (χ0v) is 13.5. The quantitative estimate of drug-likeness (QED) is 0.619. The SMILES string of the molecule is CC(=O)CCCCOc1c(C(C)C)cccc1C(C)C. The fraction of sp³-hybridized carbons (Fsp3) is 0.611. The van der Waals surface area contributed by atoms with Crippen LogP contribution >= 0.6 is 0 Å². The van der Waals surface area contributed by atoms with Crippen molar-refractivity contribution in [1.29, 1.82) is 0 Å². The molecular formula is C18H28O2. The lowest BCUT2D eigenvalue weighted by Crippen LogP contribution is -2.06. The number of benzene rings is 1. The minimum absolute atomic E-state index is 0.260. The number of carbonyl (C=O) groups excluding carboxylic acids is 1. The molecule has 0 fully saturated rings. The molecule has 0 unspecified atom stereocenters. The van der Waals surface area contributed by atoms with Gasteiger partial charge in [-0.15, -0.1) is 0 Å². The molecule has 0 N–H and O–H groups in total. The number of rotatable bonds is 8. The molecule has 1 aromatic rings. The van der Waals surface area contributed by atoms with Gasteiger partial charge in [0.15, 0.2) is 0 Å². The third kappa shape index (κ3) is 4.99. The first-order valence-corrected chi connectivity index (χ1v) is 7.68. The summed E-state index contributed by atoms with van der Waals surface area (Å²) in [6.07, 6.45) is 2.51. The highest BCUT2D eigenvalue weighted by molar-refractivity contribution is 5.75. The van der Waals surface area contributed by atoms with Gasteiger partial charge in [-0.05, 0) is 42.7 Å². The van der Waals surface area contributed by atoms with Crippen molar-refractivity contribution in [2.75, 3.05) is 6.61 Å². The number of hydrogen-bond acceptors (Lipinski definition) is 2. The van der Waals surface area contributed by atoms with E-state index < -0.39 is 0 Å². The number of para-hydroxylation sites is 1. The molecule has 0 atom stereocenters. The molecule has 0 radical (unpaired) electrons. The van der Waals surface area contributed by atoms with Crippen molar-refractivity contribution in [1.82, 2.24) is 0 Å². The van der Waals surface area contributed by atoms with Crippen molar-refractivity contribution < 1.29 is 9.53 Å². The third-order valence-corrected chi connectivity index (χ3v) is 3.49. The summed E-state index contributed by atoms with van der Waals surface area (Å²) in [7, 11) is 0. The number of ketones is 1. The Hall–Kier alpha value is -1.31. The standard InChI is InChI=1S/C18H28O2/c1-13(2)16-10-8-11-17(14(3)4)18(16)20-12-7-6-9-15(5)19/h8,10-11,13-14H,6-7,9,12H2,1-5H3. The highest BCUT2D eigenvalue weighted by Crippen LogP contribution is 2.34. The molecular weight excluding hydrogens is 248 g/mol. The van der Waals surface area contributed by atoms with Crippen LogP contribution in [0.4, 0.5) is 0 Å². The maximum absolute atomic E-state index is 10.9. The lowest BCUT2D eigenvalue weighted by molar-refractivity contribution is -0.117. The van der Waals surface area contributed by atoms with Crippen LogP contribution in [0, 0.1) is 0 Å². The van der Waals surface area contributed by atoms with E-state index in [0.29, 0.717) is 24.9 Å². The minimum Gasteiger partial charge on any atom is -0.493 e. The van der Waals surface area contributed by atoms with E-state index in [1.54, 1.807) is 6.92 Å². The molecule has 1 aromatic carbocycles. The van der Waals surface area contributed by atoms with Crippen LogP contribution in [0.1, 0.15) is 76.8 Å². The Labute approximate surface area is 123 Å². The fourth-order valence-corrected chi connectivity index (χ4v) is 2.30. The summed E-state index contributed by atoms with van der Waals surface area (Å²) in [5.74, 6) is 2.23. The molecule has 2 heteroatoms. The number of unbranched alkanes of at least 4 members (excludes halogenated alkanes) is 1. The molecule has 0 aliphatic heterocycles. The zero-order valence-electron chi connectivity index (χ0n) is 13.5. The van der Waals surface area contributed by atoms with Gasteiger partial charge < -0.3 is 9.53 Å². The zero-order chi connectivity index (χ0) is 15.1. The van der Waals surface area contributed by atoms with Crippen LogP contribution in [-0.4, -0.2) is 12.4 Å². The van der Waals surface area contributed by atoms with Gasteiger partial charge in [-0.2, -0.15) is 0 Å². The Balaban J connectivity index is 2.73. The van der Waals surface area contributed by atoms with Crippen LogP contribution in [0.2, 0.25) is 0 Å². The molecule has 2 nitrogen and oxygen atoms in total. The van der Waals surface area contributed by atoms with E-state index in [0.717, 1.165) is 18.6 Å². The largest absolute Gasteiger partial charge is 0.493 e. The monoisotopic (exact) mass is 276 g/mol. The third-order valence-electron chi connectivity index (χ3n) is 3.49. The van der Waals surface area contributed by atoms with Gasteiger partial charge in [0.1, 0.15) is 11.5 Å². The van der Waals surface area contributed by atoms with Gasteiger partial charge >= 0.3 is 0 Å². The fourth-order valence-electron chi connectivity index (χ4n) is 2.30. The summed E-state index contributed by atoms with van der Waals surface area (Å²) >= 11 is 0. The van der Waals surface area contributed by atoms with E-state index in [1.807, 2.05) is 0 Å².